The van der Waals surface area contributed by atoms with E-state index in [1.54, 1.807) is 43.4 Å². The number of carbonyl (C=O) groups excluding carboxylic acids is 1. The van der Waals surface area contributed by atoms with Gasteiger partial charge in [-0.05, 0) is 79.9 Å². The summed E-state index contributed by atoms with van der Waals surface area (Å²) in [7, 11) is -5.79. The van der Waals surface area contributed by atoms with E-state index in [2.05, 4.69) is 19.1 Å². The zero-order valence-electron chi connectivity index (χ0n) is 20.3. The van der Waals surface area contributed by atoms with Gasteiger partial charge in [-0.15, -0.1) is 11.3 Å². The molecule has 2 heterocycles. The van der Waals surface area contributed by atoms with Gasteiger partial charge in [0, 0.05) is 17.5 Å². The Labute approximate surface area is 219 Å². The van der Waals surface area contributed by atoms with Crippen LogP contribution in [-0.2, 0) is 16.5 Å². The first-order chi connectivity index (χ1) is 17.8. The minimum Gasteiger partial charge on any atom is -0.376 e. The second-order valence-corrected chi connectivity index (χ2v) is 11.6. The molecule has 3 aromatic carbocycles. The van der Waals surface area contributed by atoms with Gasteiger partial charge in [0.25, 0.3) is 0 Å². The number of alkyl halides is 3. The molecule has 0 aliphatic rings. The summed E-state index contributed by atoms with van der Waals surface area (Å²) >= 11 is 1.60. The van der Waals surface area contributed by atoms with Gasteiger partial charge in [-0.3, -0.25) is 4.79 Å². The van der Waals surface area contributed by atoms with E-state index < -0.39 is 21.4 Å². The van der Waals surface area contributed by atoms with Crippen LogP contribution in [0.5, 0.6) is 5.75 Å². The van der Waals surface area contributed by atoms with Crippen LogP contribution in [0.4, 0.5) is 13.2 Å². The van der Waals surface area contributed by atoms with Crippen molar-refractivity contribution in [2.75, 3.05) is 0 Å². The van der Waals surface area contributed by atoms with Crippen LogP contribution in [0.15, 0.2) is 48.5 Å². The van der Waals surface area contributed by atoms with Crippen LogP contribution in [0, 0.1) is 20.8 Å². The molecule has 0 bridgehead atoms. The molecular weight excluding hydrogens is 539 g/mol. The van der Waals surface area contributed by atoms with Gasteiger partial charge in [0.15, 0.2) is 5.78 Å². The van der Waals surface area contributed by atoms with Crippen molar-refractivity contribution in [2.24, 2.45) is 0 Å². The molecule has 7 nitrogen and oxygen atoms in total. The summed E-state index contributed by atoms with van der Waals surface area (Å²) in [6, 6.07) is 13.3. The lowest BCUT2D eigenvalue weighted by Crippen LogP contribution is -2.28. The number of aromatic nitrogens is 3. The Morgan fingerprint density at radius 1 is 0.974 bits per heavy atom. The van der Waals surface area contributed by atoms with E-state index in [-0.39, 0.29) is 12.2 Å². The normalized spacial score (nSPS) is 12.4. The number of aromatic amines is 1. The van der Waals surface area contributed by atoms with Crippen molar-refractivity contribution in [3.8, 4) is 17.1 Å². The summed E-state index contributed by atoms with van der Waals surface area (Å²) in [6.45, 7) is 5.16. The van der Waals surface area contributed by atoms with Crippen molar-refractivity contribution in [1.82, 2.24) is 15.0 Å². The third kappa shape index (κ3) is 4.88. The largest absolute Gasteiger partial charge is 0.534 e. The minimum absolute atomic E-state index is 0.0749. The fraction of sp³-hybridized carbons (Fsp3) is 0.192. The van der Waals surface area contributed by atoms with Crippen LogP contribution in [0.2, 0.25) is 0 Å². The van der Waals surface area contributed by atoms with Gasteiger partial charge in [-0.25, -0.2) is 9.97 Å². The maximum atomic E-state index is 13.0. The highest BCUT2D eigenvalue weighted by atomic mass is 32.2. The van der Waals surface area contributed by atoms with Crippen LogP contribution >= 0.6 is 11.3 Å². The molecule has 0 saturated carbocycles. The lowest BCUT2D eigenvalue weighted by Gasteiger charge is -2.13. The average molecular weight is 560 g/mol. The minimum atomic E-state index is -5.79. The second kappa shape index (κ2) is 9.21. The molecule has 0 atom stereocenters. The van der Waals surface area contributed by atoms with Gasteiger partial charge in [-0.2, -0.15) is 21.6 Å². The third-order valence-electron chi connectivity index (χ3n) is 5.96. The highest BCUT2D eigenvalue weighted by molar-refractivity contribution is 7.88. The molecule has 2 aromatic heterocycles. The van der Waals surface area contributed by atoms with Gasteiger partial charge in [0.05, 0.1) is 26.3 Å². The quantitative estimate of drug-likeness (QED) is 0.146. The van der Waals surface area contributed by atoms with E-state index in [0.29, 0.717) is 39.1 Å². The topological polar surface area (TPSA) is 102 Å². The maximum absolute atomic E-state index is 13.0. The molecule has 5 aromatic rings. The number of hydrogen-bond acceptors (Lipinski definition) is 7. The highest BCUT2D eigenvalue weighted by Crippen LogP contribution is 2.33. The Morgan fingerprint density at radius 2 is 1.68 bits per heavy atom. The summed E-state index contributed by atoms with van der Waals surface area (Å²) in [6.07, 6.45) is 0.208. The Morgan fingerprint density at radius 3 is 2.37 bits per heavy atom. The van der Waals surface area contributed by atoms with Crippen LogP contribution in [0.3, 0.4) is 0 Å². The molecule has 0 unspecified atom stereocenters. The number of benzene rings is 3. The van der Waals surface area contributed by atoms with Crippen LogP contribution in [0.25, 0.3) is 32.6 Å². The predicted molar refractivity (Wildman–Crippen MR) is 139 cm³/mol. The van der Waals surface area contributed by atoms with Crippen molar-refractivity contribution < 1.29 is 30.6 Å². The third-order valence-corrected chi connectivity index (χ3v) is 7.89. The molecule has 0 aliphatic heterocycles. The van der Waals surface area contributed by atoms with Crippen LogP contribution < -0.4 is 4.18 Å². The molecule has 0 amide bonds. The molecule has 0 aliphatic carbocycles. The summed E-state index contributed by atoms with van der Waals surface area (Å²) in [5.74, 6) is -0.0978. The summed E-state index contributed by atoms with van der Waals surface area (Å²) in [4.78, 5) is 25.2. The Bertz CT molecular complexity index is 1820. The lowest BCUT2D eigenvalue weighted by molar-refractivity contribution is -0.0500. The fourth-order valence-corrected chi connectivity index (χ4v) is 5.56. The van der Waals surface area contributed by atoms with Crippen molar-refractivity contribution >= 4 is 48.5 Å². The fourth-order valence-electron chi connectivity index (χ4n) is 4.31. The van der Waals surface area contributed by atoms with Crippen molar-refractivity contribution in [3.63, 3.8) is 0 Å². The van der Waals surface area contributed by atoms with E-state index in [4.69, 9.17) is 0 Å². The zero-order chi connectivity index (χ0) is 27.4. The molecule has 0 saturated heterocycles. The smallest absolute Gasteiger partial charge is 0.376 e. The zero-order valence-corrected chi connectivity index (χ0v) is 21.9. The molecule has 0 radical (unpaired) electrons. The number of halogens is 3. The Hall–Kier alpha value is -3.77. The number of ketones is 1. The monoisotopic (exact) mass is 559 g/mol. The van der Waals surface area contributed by atoms with Gasteiger partial charge >= 0.3 is 15.6 Å². The first-order valence-corrected chi connectivity index (χ1v) is 13.5. The van der Waals surface area contributed by atoms with E-state index in [0.717, 1.165) is 20.8 Å². The number of H-pyrrole nitrogens is 1. The van der Waals surface area contributed by atoms with Gasteiger partial charge in [0.2, 0.25) is 0 Å². The number of hydrogen-bond donors (Lipinski definition) is 1. The molecule has 1 N–H and O–H groups in total. The Kier molecular flexibility index (Phi) is 6.27. The van der Waals surface area contributed by atoms with E-state index in [1.807, 2.05) is 25.1 Å². The average Bonchev–Trinajstić information content (AvgIpc) is 3.38. The van der Waals surface area contributed by atoms with Gasteiger partial charge in [-0.1, -0.05) is 6.07 Å². The summed E-state index contributed by atoms with van der Waals surface area (Å²) in [5, 5.41) is 0.961. The molecule has 196 valence electrons. The number of rotatable bonds is 6. The first-order valence-electron chi connectivity index (χ1n) is 11.3. The Balaban J connectivity index is 1.41. The molecule has 0 fully saturated rings. The van der Waals surface area contributed by atoms with Crippen LogP contribution in [-0.4, -0.2) is 34.7 Å². The number of nitrogens with zero attached hydrogens (tertiary/aromatic N) is 2. The van der Waals surface area contributed by atoms with E-state index in [9.17, 15) is 26.4 Å². The van der Waals surface area contributed by atoms with Crippen molar-refractivity contribution in [2.45, 2.75) is 32.7 Å². The number of nitrogens with one attached hydrogen (secondary N) is 1. The maximum Gasteiger partial charge on any atom is 0.534 e. The highest BCUT2D eigenvalue weighted by Gasteiger charge is 2.48. The van der Waals surface area contributed by atoms with Gasteiger partial charge < -0.3 is 9.17 Å². The number of imidazole rings is 1. The van der Waals surface area contributed by atoms with E-state index in [1.165, 1.54) is 12.1 Å². The van der Waals surface area contributed by atoms with Crippen molar-refractivity contribution in [3.05, 3.63) is 75.8 Å². The number of aryl methyl sites for hydroxylation is 3. The molecule has 5 rings (SSSR count). The standard InChI is InChI=1S/C26H20F3N3O4S2/c1-13-8-18(36-38(34,35)26(27,28)29)9-14(2)24(13)25-31-19-6-5-17(12-20(19)32-25)22(33)11-16-4-7-23-21(10-16)30-15(3)37-23/h4-10,12H,11H2,1-3H3,(H,31,32). The second-order valence-electron chi connectivity index (χ2n) is 8.87. The van der Waals surface area contributed by atoms with Gasteiger partial charge in [0.1, 0.15) is 11.6 Å². The van der Waals surface area contributed by atoms with Crippen LogP contribution in [0.1, 0.15) is 32.1 Å². The lowest BCUT2D eigenvalue weighted by atomic mass is 10.0. The number of thiazole rings is 1. The number of carbonyl (C=O) groups is 1. The van der Waals surface area contributed by atoms with Crippen molar-refractivity contribution in [1.29, 1.82) is 0 Å². The summed E-state index contributed by atoms with van der Waals surface area (Å²) in [5.41, 5.74) is -0.613. The molecule has 0 spiro atoms. The number of fused-ring (bicyclic) bond motifs is 2. The van der Waals surface area contributed by atoms with E-state index >= 15 is 0 Å². The molecule has 12 heteroatoms. The molecule has 38 heavy (non-hydrogen) atoms. The number of Topliss-reactive ketones (excluding diaryl/α,β-unsaturated/α-hetero) is 1. The molecular formula is C26H20F3N3O4S2. The SMILES string of the molecule is Cc1nc2cc(CC(=O)c3ccc4nc(-c5c(C)cc(OS(=O)(=O)C(F)(F)F)cc5C)[nH]c4c3)ccc2s1. The predicted octanol–water partition coefficient (Wildman–Crippen LogP) is 6.42. The first kappa shape index (κ1) is 25.9. The summed E-state index contributed by atoms with van der Waals surface area (Å²) < 4.78 is 66.2.